The van der Waals surface area contributed by atoms with E-state index in [0.717, 1.165) is 15.8 Å². The minimum absolute atomic E-state index is 0.202. The Morgan fingerprint density at radius 2 is 1.83 bits per heavy atom. The van der Waals surface area contributed by atoms with Gasteiger partial charge >= 0.3 is 0 Å². The molecule has 1 aromatic heterocycles. The summed E-state index contributed by atoms with van der Waals surface area (Å²) in [6.45, 7) is 0. The van der Waals surface area contributed by atoms with Gasteiger partial charge in [-0.15, -0.1) is 0 Å². The van der Waals surface area contributed by atoms with Gasteiger partial charge in [-0.25, -0.2) is 0 Å². The van der Waals surface area contributed by atoms with E-state index < -0.39 is 0 Å². The summed E-state index contributed by atoms with van der Waals surface area (Å²) in [6.07, 6.45) is 9.29. The third-order valence-corrected chi connectivity index (χ3v) is 5.03. The molecule has 1 saturated carbocycles. The molecule has 4 nitrogen and oxygen atoms in total. The van der Waals surface area contributed by atoms with Crippen molar-refractivity contribution in [3.05, 3.63) is 52.8 Å². The maximum atomic E-state index is 12.4. The Hall–Kier alpha value is -1.88. The lowest BCUT2D eigenvalue weighted by molar-refractivity contribution is 0.102. The Labute approximate surface area is 151 Å². The van der Waals surface area contributed by atoms with Gasteiger partial charge in [0.1, 0.15) is 5.69 Å². The maximum Gasteiger partial charge on any atom is 0.274 e. The van der Waals surface area contributed by atoms with Crippen LogP contribution in [0.25, 0.3) is 0 Å². The van der Waals surface area contributed by atoms with Gasteiger partial charge in [0.2, 0.25) is 0 Å². The minimum atomic E-state index is -0.202. The molecule has 0 spiro atoms. The van der Waals surface area contributed by atoms with Gasteiger partial charge in [0, 0.05) is 22.4 Å². The van der Waals surface area contributed by atoms with Crippen LogP contribution in [-0.4, -0.2) is 16.9 Å². The molecule has 1 amide bonds. The minimum Gasteiger partial charge on any atom is -0.382 e. The highest BCUT2D eigenvalue weighted by Crippen LogP contribution is 2.23. The average Bonchev–Trinajstić information content (AvgIpc) is 2.86. The van der Waals surface area contributed by atoms with Crippen molar-refractivity contribution in [3.8, 4) is 0 Å². The van der Waals surface area contributed by atoms with Gasteiger partial charge < -0.3 is 10.6 Å². The summed E-state index contributed by atoms with van der Waals surface area (Å²) in [5.41, 5.74) is 2.13. The maximum absolute atomic E-state index is 12.4. The molecule has 2 N–H and O–H groups in total. The summed E-state index contributed by atoms with van der Waals surface area (Å²) >= 11 is 3.44. The van der Waals surface area contributed by atoms with Gasteiger partial charge in [-0.1, -0.05) is 37.8 Å². The van der Waals surface area contributed by atoms with Crippen LogP contribution in [0.4, 0.5) is 11.4 Å². The van der Waals surface area contributed by atoms with E-state index in [1.165, 1.54) is 38.5 Å². The van der Waals surface area contributed by atoms with Crippen LogP contribution in [0.3, 0.4) is 0 Å². The number of pyridine rings is 1. The number of amides is 1. The standard InChI is InChI=1S/C19H22BrN3O/c20-16-9-5-6-10-17(16)23-19(24)18-13-15(11-12-21-18)22-14-7-3-1-2-4-8-14/h5-6,9-14H,1-4,7-8H2,(H,21,22)(H,23,24). The van der Waals surface area contributed by atoms with Gasteiger partial charge in [0.15, 0.2) is 0 Å². The van der Waals surface area contributed by atoms with Crippen molar-refractivity contribution in [2.45, 2.75) is 44.6 Å². The van der Waals surface area contributed by atoms with Crippen LogP contribution in [-0.2, 0) is 0 Å². The highest BCUT2D eigenvalue weighted by atomic mass is 79.9. The summed E-state index contributed by atoms with van der Waals surface area (Å²) < 4.78 is 0.853. The van der Waals surface area contributed by atoms with Crippen molar-refractivity contribution in [1.82, 2.24) is 4.98 Å². The number of benzene rings is 1. The lowest BCUT2D eigenvalue weighted by atomic mass is 10.1. The van der Waals surface area contributed by atoms with E-state index in [-0.39, 0.29) is 5.91 Å². The molecular weight excluding hydrogens is 366 g/mol. The predicted molar refractivity (Wildman–Crippen MR) is 101 cm³/mol. The summed E-state index contributed by atoms with van der Waals surface area (Å²) in [7, 11) is 0. The molecule has 5 heteroatoms. The average molecular weight is 388 g/mol. The Bertz CT molecular complexity index is 697. The number of halogens is 1. The van der Waals surface area contributed by atoms with Crippen LogP contribution in [0.2, 0.25) is 0 Å². The molecule has 1 heterocycles. The summed E-state index contributed by atoms with van der Waals surface area (Å²) in [5.74, 6) is -0.202. The molecular formula is C19H22BrN3O. The van der Waals surface area contributed by atoms with Gasteiger partial charge in [0.05, 0.1) is 5.69 Å². The zero-order valence-electron chi connectivity index (χ0n) is 13.6. The van der Waals surface area contributed by atoms with Crippen molar-refractivity contribution in [2.75, 3.05) is 10.6 Å². The SMILES string of the molecule is O=C(Nc1ccccc1Br)c1cc(NC2CCCCCC2)ccn1. The zero-order valence-corrected chi connectivity index (χ0v) is 15.2. The number of carbonyl (C=O) groups excluding carboxylic acids is 1. The highest BCUT2D eigenvalue weighted by Gasteiger charge is 2.14. The fraction of sp³-hybridized carbons (Fsp3) is 0.368. The Morgan fingerprint density at radius 3 is 2.58 bits per heavy atom. The number of carbonyl (C=O) groups is 1. The molecule has 1 aliphatic rings. The van der Waals surface area contributed by atoms with Crippen LogP contribution in [0.5, 0.6) is 0 Å². The molecule has 1 aliphatic carbocycles. The third kappa shape index (κ3) is 4.57. The van der Waals surface area contributed by atoms with Crippen LogP contribution in [0, 0.1) is 0 Å². The first kappa shape index (κ1) is 17.0. The van der Waals surface area contributed by atoms with E-state index in [9.17, 15) is 4.79 Å². The quantitative estimate of drug-likeness (QED) is 0.705. The summed E-state index contributed by atoms with van der Waals surface area (Å²) in [4.78, 5) is 16.7. The van der Waals surface area contributed by atoms with Crippen molar-refractivity contribution < 1.29 is 4.79 Å². The molecule has 0 aliphatic heterocycles. The molecule has 0 bridgehead atoms. The van der Waals surface area contributed by atoms with Crippen LogP contribution >= 0.6 is 15.9 Å². The smallest absolute Gasteiger partial charge is 0.274 e. The molecule has 0 saturated heterocycles. The van der Waals surface area contributed by atoms with Crippen molar-refractivity contribution in [2.24, 2.45) is 0 Å². The lowest BCUT2D eigenvalue weighted by Crippen LogP contribution is -2.19. The van der Waals surface area contributed by atoms with E-state index in [2.05, 4.69) is 31.5 Å². The van der Waals surface area contributed by atoms with Gasteiger partial charge in [0.25, 0.3) is 5.91 Å². The van der Waals surface area contributed by atoms with Gasteiger partial charge in [-0.3, -0.25) is 9.78 Å². The topological polar surface area (TPSA) is 54.0 Å². The molecule has 0 unspecified atom stereocenters. The van der Waals surface area contributed by atoms with Gasteiger partial charge in [-0.2, -0.15) is 0 Å². The van der Waals surface area contributed by atoms with E-state index >= 15 is 0 Å². The van der Waals surface area contributed by atoms with Crippen molar-refractivity contribution in [1.29, 1.82) is 0 Å². The first-order valence-electron chi connectivity index (χ1n) is 8.51. The number of aromatic nitrogens is 1. The second-order valence-corrected chi connectivity index (χ2v) is 7.05. The largest absolute Gasteiger partial charge is 0.382 e. The second-order valence-electron chi connectivity index (χ2n) is 6.20. The number of anilines is 2. The summed E-state index contributed by atoms with van der Waals surface area (Å²) in [5, 5.41) is 6.45. The highest BCUT2D eigenvalue weighted by molar-refractivity contribution is 9.10. The number of hydrogen-bond donors (Lipinski definition) is 2. The monoisotopic (exact) mass is 387 g/mol. The molecule has 126 valence electrons. The molecule has 1 fully saturated rings. The molecule has 24 heavy (non-hydrogen) atoms. The van der Waals surface area contributed by atoms with E-state index in [0.29, 0.717) is 11.7 Å². The number of para-hydroxylation sites is 1. The first-order chi connectivity index (χ1) is 11.7. The summed E-state index contributed by atoms with van der Waals surface area (Å²) in [6, 6.07) is 11.8. The predicted octanol–water partition coefficient (Wildman–Crippen LogP) is 5.23. The molecule has 2 aromatic rings. The molecule has 0 atom stereocenters. The van der Waals surface area contributed by atoms with Crippen molar-refractivity contribution in [3.63, 3.8) is 0 Å². The molecule has 3 rings (SSSR count). The van der Waals surface area contributed by atoms with Crippen LogP contribution in [0.1, 0.15) is 49.0 Å². The van der Waals surface area contributed by atoms with E-state index in [1.807, 2.05) is 36.4 Å². The number of hydrogen-bond acceptors (Lipinski definition) is 3. The number of nitrogens with one attached hydrogen (secondary N) is 2. The van der Waals surface area contributed by atoms with E-state index in [1.54, 1.807) is 6.20 Å². The number of nitrogens with zero attached hydrogens (tertiary/aromatic N) is 1. The number of rotatable bonds is 4. The van der Waals surface area contributed by atoms with Crippen LogP contribution in [0.15, 0.2) is 47.1 Å². The third-order valence-electron chi connectivity index (χ3n) is 4.34. The normalized spacial score (nSPS) is 15.5. The van der Waals surface area contributed by atoms with E-state index in [4.69, 9.17) is 0 Å². The molecule has 0 radical (unpaired) electrons. The Morgan fingerprint density at radius 1 is 1.08 bits per heavy atom. The first-order valence-corrected chi connectivity index (χ1v) is 9.30. The fourth-order valence-corrected chi connectivity index (χ4v) is 3.44. The van der Waals surface area contributed by atoms with Gasteiger partial charge in [-0.05, 0) is 53.0 Å². The Kier molecular flexibility index (Phi) is 5.86. The zero-order chi connectivity index (χ0) is 16.8. The lowest BCUT2D eigenvalue weighted by Gasteiger charge is -2.18. The molecule has 1 aromatic carbocycles. The Balaban J connectivity index is 1.68. The van der Waals surface area contributed by atoms with Crippen LogP contribution < -0.4 is 10.6 Å². The second kappa shape index (κ2) is 8.29. The fourth-order valence-electron chi connectivity index (χ4n) is 3.05. The van der Waals surface area contributed by atoms with Crippen molar-refractivity contribution >= 4 is 33.2 Å².